The van der Waals surface area contributed by atoms with Gasteiger partial charge < -0.3 is 4.57 Å². The van der Waals surface area contributed by atoms with Crippen LogP contribution in [0.5, 0.6) is 0 Å². The first-order valence-electron chi connectivity index (χ1n) is 6.45. The van der Waals surface area contributed by atoms with Crippen molar-refractivity contribution in [3.8, 4) is 0 Å². The lowest BCUT2D eigenvalue weighted by atomic mass is 10.2. The van der Waals surface area contributed by atoms with Gasteiger partial charge >= 0.3 is 0 Å². The topological polar surface area (TPSA) is 52.7 Å². The number of rotatable bonds is 4. The summed E-state index contributed by atoms with van der Waals surface area (Å²) in [5.74, 6) is 0. The zero-order chi connectivity index (χ0) is 14.8. The minimum absolute atomic E-state index is 0.168. The van der Waals surface area contributed by atoms with Crippen molar-refractivity contribution in [2.75, 3.05) is 0 Å². The van der Waals surface area contributed by atoms with Crippen LogP contribution in [0, 0.1) is 0 Å². The molecule has 0 spiro atoms. The molecule has 0 N–H and O–H groups in total. The molecule has 0 radical (unpaired) electrons. The maximum absolute atomic E-state index is 12.5. The summed E-state index contributed by atoms with van der Waals surface area (Å²) < 4.78 is 3.52. The Kier molecular flexibility index (Phi) is 3.94. The molecule has 0 bridgehead atoms. The zero-order valence-corrected chi connectivity index (χ0v) is 12.6. The summed E-state index contributed by atoms with van der Waals surface area (Å²) in [6, 6.07) is 3.26. The summed E-state index contributed by atoms with van der Waals surface area (Å²) in [6.45, 7) is 1.34. The molecule has 5 nitrogen and oxygen atoms in total. The van der Waals surface area contributed by atoms with Crippen molar-refractivity contribution in [3.63, 3.8) is 0 Å². The fourth-order valence-corrected chi connectivity index (χ4v) is 2.64. The molecule has 108 valence electrons. The molecule has 0 amide bonds. The number of hydrogen-bond donors (Lipinski definition) is 0. The van der Waals surface area contributed by atoms with Gasteiger partial charge in [-0.3, -0.25) is 9.36 Å². The second-order valence-corrected chi connectivity index (χ2v) is 5.46. The van der Waals surface area contributed by atoms with Gasteiger partial charge in [-0.15, -0.1) is 0 Å². The highest BCUT2D eigenvalue weighted by Crippen LogP contribution is 2.25. The van der Waals surface area contributed by atoms with Crippen LogP contribution in [-0.2, 0) is 13.1 Å². The Hall–Kier alpha value is -1.85. The monoisotopic (exact) mass is 322 g/mol. The third-order valence-electron chi connectivity index (χ3n) is 3.25. The van der Waals surface area contributed by atoms with Gasteiger partial charge in [0, 0.05) is 25.5 Å². The highest BCUT2D eigenvalue weighted by Gasteiger charge is 2.10. The average Bonchev–Trinajstić information content (AvgIpc) is 2.98. The number of aromatic nitrogens is 4. The van der Waals surface area contributed by atoms with Gasteiger partial charge in [0.25, 0.3) is 5.56 Å². The maximum atomic E-state index is 12.5. The molecule has 21 heavy (non-hydrogen) atoms. The van der Waals surface area contributed by atoms with E-state index in [2.05, 4.69) is 9.97 Å². The molecule has 0 fully saturated rings. The summed E-state index contributed by atoms with van der Waals surface area (Å²) in [7, 11) is 0. The summed E-state index contributed by atoms with van der Waals surface area (Å²) in [5, 5.41) is 1.17. The minimum Gasteiger partial charge on any atom is -0.337 e. The van der Waals surface area contributed by atoms with E-state index in [1.54, 1.807) is 29.2 Å². The molecule has 2 aromatic heterocycles. The van der Waals surface area contributed by atoms with Crippen LogP contribution in [0.2, 0.25) is 10.0 Å². The number of hydrogen-bond acceptors (Lipinski definition) is 3. The van der Waals surface area contributed by atoms with Gasteiger partial charge in [-0.1, -0.05) is 23.2 Å². The third kappa shape index (κ3) is 2.80. The van der Waals surface area contributed by atoms with Gasteiger partial charge in [-0.25, -0.2) is 9.97 Å². The first-order chi connectivity index (χ1) is 10.2. The van der Waals surface area contributed by atoms with Gasteiger partial charge in [0.1, 0.15) is 0 Å². The van der Waals surface area contributed by atoms with Crippen molar-refractivity contribution in [1.29, 1.82) is 0 Å². The van der Waals surface area contributed by atoms with Gasteiger partial charge in [-0.2, -0.15) is 0 Å². The largest absolute Gasteiger partial charge is 0.337 e. The summed E-state index contributed by atoms with van der Waals surface area (Å²) in [5.41, 5.74) is 0.276. The predicted molar refractivity (Wildman–Crippen MR) is 82.9 cm³/mol. The molecule has 0 aliphatic rings. The number of benzene rings is 1. The molecule has 1 aromatic carbocycles. The molecule has 3 aromatic rings. The van der Waals surface area contributed by atoms with E-state index < -0.39 is 0 Å². The minimum atomic E-state index is -0.168. The Morgan fingerprint density at radius 1 is 1.10 bits per heavy atom. The van der Waals surface area contributed by atoms with E-state index in [4.69, 9.17) is 23.2 Å². The first kappa shape index (κ1) is 14.1. The molecule has 0 atom stereocenters. The average molecular weight is 323 g/mol. The molecular weight excluding hydrogens is 311 g/mol. The van der Waals surface area contributed by atoms with Gasteiger partial charge in [0.15, 0.2) is 0 Å². The first-order valence-corrected chi connectivity index (χ1v) is 7.21. The van der Waals surface area contributed by atoms with Crippen LogP contribution in [0.1, 0.15) is 6.42 Å². The normalized spacial score (nSPS) is 11.1. The van der Waals surface area contributed by atoms with Crippen LogP contribution in [0.15, 0.2) is 42.0 Å². The van der Waals surface area contributed by atoms with Gasteiger partial charge in [0.2, 0.25) is 0 Å². The van der Waals surface area contributed by atoms with E-state index in [-0.39, 0.29) is 5.56 Å². The molecule has 0 saturated carbocycles. The highest BCUT2D eigenvalue weighted by atomic mass is 35.5. The number of halogens is 2. The van der Waals surface area contributed by atoms with Crippen LogP contribution < -0.4 is 5.56 Å². The van der Waals surface area contributed by atoms with E-state index >= 15 is 0 Å². The van der Waals surface area contributed by atoms with Crippen molar-refractivity contribution in [2.24, 2.45) is 0 Å². The molecular formula is C14H12Cl2N4O. The number of aryl methyl sites for hydroxylation is 2. The molecule has 7 heteroatoms. The van der Waals surface area contributed by atoms with Crippen molar-refractivity contribution >= 4 is 34.1 Å². The zero-order valence-electron chi connectivity index (χ0n) is 11.0. The summed E-state index contributed by atoms with van der Waals surface area (Å²) in [4.78, 5) is 20.7. The summed E-state index contributed by atoms with van der Waals surface area (Å²) >= 11 is 12.1. The molecule has 0 aliphatic heterocycles. The standard InChI is InChI=1S/C14H12Cl2N4O/c15-10-2-3-11(16)13-12(10)14(21)20(9-18-13)6-1-5-19-7-4-17-8-19/h2-4,7-9H,1,5-6H2. The molecule has 0 aliphatic carbocycles. The Morgan fingerprint density at radius 2 is 1.90 bits per heavy atom. The Bertz CT molecular complexity index is 827. The predicted octanol–water partition coefficient (Wildman–Crippen LogP) is 2.99. The number of fused-ring (bicyclic) bond motifs is 1. The van der Waals surface area contributed by atoms with Gasteiger partial charge in [-0.05, 0) is 18.6 Å². The van der Waals surface area contributed by atoms with E-state index in [9.17, 15) is 4.79 Å². The van der Waals surface area contributed by atoms with Gasteiger partial charge in [0.05, 0.1) is 33.6 Å². The molecule has 2 heterocycles. The smallest absolute Gasteiger partial charge is 0.262 e. The Morgan fingerprint density at radius 3 is 2.67 bits per heavy atom. The van der Waals surface area contributed by atoms with Crippen LogP contribution in [0.4, 0.5) is 0 Å². The van der Waals surface area contributed by atoms with E-state index in [0.29, 0.717) is 27.5 Å². The molecule has 3 rings (SSSR count). The van der Waals surface area contributed by atoms with E-state index in [1.165, 1.54) is 6.33 Å². The maximum Gasteiger partial charge on any atom is 0.262 e. The highest BCUT2D eigenvalue weighted by molar-refractivity contribution is 6.39. The lowest BCUT2D eigenvalue weighted by Crippen LogP contribution is -2.21. The fraction of sp³-hybridized carbons (Fsp3) is 0.214. The van der Waals surface area contributed by atoms with Crippen LogP contribution in [0.3, 0.4) is 0 Å². The SMILES string of the molecule is O=c1c2c(Cl)ccc(Cl)c2ncn1CCCn1ccnc1. The Balaban J connectivity index is 1.88. The summed E-state index contributed by atoms with van der Waals surface area (Å²) in [6.07, 6.45) is 7.67. The number of imidazole rings is 1. The van der Waals surface area contributed by atoms with Crippen LogP contribution in [-0.4, -0.2) is 19.1 Å². The van der Waals surface area contributed by atoms with E-state index in [1.807, 2.05) is 10.8 Å². The third-order valence-corrected chi connectivity index (χ3v) is 3.87. The molecule has 0 saturated heterocycles. The number of nitrogens with zero attached hydrogens (tertiary/aromatic N) is 4. The van der Waals surface area contributed by atoms with Crippen LogP contribution in [0.25, 0.3) is 10.9 Å². The van der Waals surface area contributed by atoms with Crippen molar-refractivity contribution in [3.05, 3.63) is 57.6 Å². The fourth-order valence-electron chi connectivity index (χ4n) is 2.20. The Labute approximate surface area is 130 Å². The molecule has 0 unspecified atom stereocenters. The van der Waals surface area contributed by atoms with Crippen molar-refractivity contribution < 1.29 is 0 Å². The van der Waals surface area contributed by atoms with Crippen molar-refractivity contribution in [2.45, 2.75) is 19.5 Å². The second-order valence-electron chi connectivity index (χ2n) is 4.65. The lowest BCUT2D eigenvalue weighted by molar-refractivity contribution is 0.550. The van der Waals surface area contributed by atoms with Crippen LogP contribution >= 0.6 is 23.2 Å². The van der Waals surface area contributed by atoms with E-state index in [0.717, 1.165) is 13.0 Å². The quantitative estimate of drug-likeness (QED) is 0.742. The van der Waals surface area contributed by atoms with Crippen molar-refractivity contribution in [1.82, 2.24) is 19.1 Å². The lowest BCUT2D eigenvalue weighted by Gasteiger charge is -2.08. The second kappa shape index (κ2) is 5.87.